The van der Waals surface area contributed by atoms with Crippen LogP contribution >= 0.6 is 0 Å². The molecule has 2 fully saturated rings. The van der Waals surface area contributed by atoms with Crippen molar-refractivity contribution in [3.8, 4) is 5.75 Å². The topological polar surface area (TPSA) is 70.1 Å². The number of benzene rings is 1. The van der Waals surface area contributed by atoms with Crippen LogP contribution in [0, 0.1) is 11.8 Å². The Morgan fingerprint density at radius 1 is 1.03 bits per heavy atom. The van der Waals surface area contributed by atoms with Gasteiger partial charge >= 0.3 is 0 Å². The number of nitrogens with zero attached hydrogens (tertiary/aromatic N) is 2. The van der Waals surface area contributed by atoms with E-state index in [-0.39, 0.29) is 23.7 Å². The molecule has 1 aromatic rings. The van der Waals surface area contributed by atoms with Crippen LogP contribution in [0.4, 0.5) is 0 Å². The Bertz CT molecular complexity index is 772. The zero-order chi connectivity index (χ0) is 20.4. The van der Waals surface area contributed by atoms with Gasteiger partial charge in [0.05, 0.1) is 24.5 Å². The smallest absolute Gasteiger partial charge is 0.233 e. The summed E-state index contributed by atoms with van der Waals surface area (Å²) in [5.74, 6) is 0.462. The summed E-state index contributed by atoms with van der Waals surface area (Å²) in [7, 11) is 1.63. The molecule has 0 radical (unpaired) electrons. The molecule has 0 saturated carbocycles. The van der Waals surface area contributed by atoms with E-state index in [1.165, 1.54) is 4.90 Å². The van der Waals surface area contributed by atoms with Crippen LogP contribution in [0.3, 0.4) is 0 Å². The Hall–Kier alpha value is -2.18. The average Bonchev–Trinajstić information content (AvgIpc) is 3.00. The number of methoxy groups -OCH3 is 1. The fraction of sp³-hybridized carbons (Fsp3) is 0.565. The zero-order valence-electron chi connectivity index (χ0n) is 17.0. The Kier molecular flexibility index (Phi) is 5.74. The Labute approximate surface area is 172 Å². The van der Waals surface area contributed by atoms with E-state index in [1.54, 1.807) is 7.11 Å². The van der Waals surface area contributed by atoms with Gasteiger partial charge in [-0.15, -0.1) is 0 Å². The van der Waals surface area contributed by atoms with Crippen molar-refractivity contribution in [3.63, 3.8) is 0 Å². The molecule has 6 nitrogen and oxygen atoms in total. The van der Waals surface area contributed by atoms with Crippen molar-refractivity contribution in [3.05, 3.63) is 42.0 Å². The number of aliphatic hydroxyl groups is 1. The van der Waals surface area contributed by atoms with E-state index in [2.05, 4.69) is 4.90 Å². The number of hydrogen-bond donors (Lipinski definition) is 1. The monoisotopic (exact) mass is 398 g/mol. The van der Waals surface area contributed by atoms with Crippen molar-refractivity contribution >= 4 is 11.8 Å². The summed E-state index contributed by atoms with van der Waals surface area (Å²) in [6.45, 7) is 2.89. The van der Waals surface area contributed by atoms with Crippen molar-refractivity contribution in [2.24, 2.45) is 11.8 Å². The van der Waals surface area contributed by atoms with Gasteiger partial charge in [-0.1, -0.05) is 30.4 Å². The highest BCUT2D eigenvalue weighted by Gasteiger charge is 2.46. The molecule has 2 saturated heterocycles. The molecule has 0 aromatic heterocycles. The first-order valence-corrected chi connectivity index (χ1v) is 10.6. The quantitative estimate of drug-likeness (QED) is 0.588. The summed E-state index contributed by atoms with van der Waals surface area (Å²) in [5, 5.41) is 11.1. The third-order valence-electron chi connectivity index (χ3n) is 6.75. The lowest BCUT2D eigenvalue weighted by Crippen LogP contribution is -2.43. The Morgan fingerprint density at radius 3 is 2.28 bits per heavy atom. The van der Waals surface area contributed by atoms with Gasteiger partial charge in [-0.3, -0.25) is 14.5 Å². The SMILES string of the molecule is COc1ccccc1C1(O)CCN(CCCN2C(=O)C3CC=CCC3C2=O)CC1. The van der Waals surface area contributed by atoms with Gasteiger partial charge in [0.2, 0.25) is 11.8 Å². The number of amides is 2. The highest BCUT2D eigenvalue weighted by Crippen LogP contribution is 2.38. The van der Waals surface area contributed by atoms with Gasteiger partial charge in [-0.05, 0) is 44.7 Å². The number of allylic oxidation sites excluding steroid dienone is 2. The first-order valence-electron chi connectivity index (χ1n) is 10.6. The maximum Gasteiger partial charge on any atom is 0.233 e. The predicted octanol–water partition coefficient (Wildman–Crippen LogP) is 2.32. The second kappa shape index (κ2) is 8.28. The number of ether oxygens (including phenoxy) is 1. The second-order valence-corrected chi connectivity index (χ2v) is 8.41. The molecule has 2 atom stereocenters. The lowest BCUT2D eigenvalue weighted by Gasteiger charge is -2.39. The molecule has 4 rings (SSSR count). The maximum absolute atomic E-state index is 12.5. The van der Waals surface area contributed by atoms with E-state index in [9.17, 15) is 14.7 Å². The van der Waals surface area contributed by atoms with Gasteiger partial charge in [0, 0.05) is 25.2 Å². The summed E-state index contributed by atoms with van der Waals surface area (Å²) >= 11 is 0. The van der Waals surface area contributed by atoms with E-state index in [4.69, 9.17) is 4.74 Å². The number of para-hydroxylation sites is 1. The van der Waals surface area contributed by atoms with Crippen LogP contribution in [0.25, 0.3) is 0 Å². The van der Waals surface area contributed by atoms with E-state index in [0.29, 0.717) is 32.2 Å². The minimum absolute atomic E-state index is 0.00791. The van der Waals surface area contributed by atoms with E-state index < -0.39 is 5.60 Å². The minimum Gasteiger partial charge on any atom is -0.496 e. The molecule has 2 amide bonds. The van der Waals surface area contributed by atoms with Crippen molar-refractivity contribution in [1.82, 2.24) is 9.80 Å². The van der Waals surface area contributed by atoms with Gasteiger partial charge in [-0.2, -0.15) is 0 Å². The van der Waals surface area contributed by atoms with Gasteiger partial charge < -0.3 is 14.7 Å². The number of carbonyl (C=O) groups is 2. The van der Waals surface area contributed by atoms with Crippen LogP contribution in [0.15, 0.2) is 36.4 Å². The van der Waals surface area contributed by atoms with Gasteiger partial charge in [0.1, 0.15) is 5.75 Å². The van der Waals surface area contributed by atoms with E-state index >= 15 is 0 Å². The number of piperidine rings is 1. The first-order chi connectivity index (χ1) is 14.0. The first kappa shape index (κ1) is 20.1. The lowest BCUT2D eigenvalue weighted by molar-refractivity contribution is -0.140. The summed E-state index contributed by atoms with van der Waals surface area (Å²) in [6.07, 6.45) is 7.49. The molecule has 0 spiro atoms. The Balaban J connectivity index is 1.28. The molecule has 0 bridgehead atoms. The average molecular weight is 399 g/mol. The number of rotatable bonds is 6. The fourth-order valence-electron chi connectivity index (χ4n) is 4.99. The van der Waals surface area contributed by atoms with Crippen LogP contribution in [0.5, 0.6) is 5.75 Å². The molecule has 1 aromatic carbocycles. The highest BCUT2D eigenvalue weighted by molar-refractivity contribution is 6.05. The molecule has 156 valence electrons. The predicted molar refractivity (Wildman–Crippen MR) is 109 cm³/mol. The molecular formula is C23H30N2O4. The van der Waals surface area contributed by atoms with Gasteiger partial charge in [0.25, 0.3) is 0 Å². The molecular weight excluding hydrogens is 368 g/mol. The van der Waals surface area contributed by atoms with Gasteiger partial charge in [0.15, 0.2) is 0 Å². The molecule has 6 heteroatoms. The van der Waals surface area contributed by atoms with Crippen molar-refractivity contribution in [2.75, 3.05) is 33.3 Å². The number of imide groups is 1. The molecule has 2 aliphatic heterocycles. The lowest BCUT2D eigenvalue weighted by atomic mass is 9.84. The zero-order valence-corrected chi connectivity index (χ0v) is 17.0. The van der Waals surface area contributed by atoms with Gasteiger partial charge in [-0.25, -0.2) is 0 Å². The number of likely N-dealkylation sites (tertiary alicyclic amines) is 2. The van der Waals surface area contributed by atoms with Crippen LogP contribution < -0.4 is 4.74 Å². The third kappa shape index (κ3) is 3.83. The molecule has 2 heterocycles. The van der Waals surface area contributed by atoms with Crippen LogP contribution in [-0.4, -0.2) is 60.0 Å². The third-order valence-corrected chi connectivity index (χ3v) is 6.75. The van der Waals surface area contributed by atoms with Crippen LogP contribution in [-0.2, 0) is 15.2 Å². The fourth-order valence-corrected chi connectivity index (χ4v) is 4.99. The van der Waals surface area contributed by atoms with E-state index in [0.717, 1.165) is 37.4 Å². The summed E-state index contributed by atoms with van der Waals surface area (Å²) < 4.78 is 5.43. The number of carbonyl (C=O) groups excluding carboxylic acids is 2. The van der Waals surface area contributed by atoms with E-state index in [1.807, 2.05) is 36.4 Å². The summed E-state index contributed by atoms with van der Waals surface area (Å²) in [6, 6.07) is 7.66. The largest absolute Gasteiger partial charge is 0.496 e. The maximum atomic E-state index is 12.5. The summed E-state index contributed by atoms with van der Waals surface area (Å²) in [5.41, 5.74) is -0.0150. The number of fused-ring (bicyclic) bond motifs is 1. The molecule has 3 aliphatic rings. The van der Waals surface area contributed by atoms with Crippen LogP contribution in [0.2, 0.25) is 0 Å². The minimum atomic E-state index is -0.868. The van der Waals surface area contributed by atoms with Crippen molar-refractivity contribution < 1.29 is 19.4 Å². The highest BCUT2D eigenvalue weighted by atomic mass is 16.5. The standard InChI is InChI=1S/C23H30N2O4/c1-29-20-10-5-4-9-19(20)23(28)11-15-24(16-12-23)13-6-14-25-21(26)17-7-2-3-8-18(17)22(25)27/h2-5,9-10,17-18,28H,6-8,11-16H2,1H3. The van der Waals surface area contributed by atoms with Crippen molar-refractivity contribution in [2.45, 2.75) is 37.7 Å². The second-order valence-electron chi connectivity index (χ2n) is 8.41. The summed E-state index contributed by atoms with van der Waals surface area (Å²) in [4.78, 5) is 28.9. The molecule has 1 aliphatic carbocycles. The van der Waals surface area contributed by atoms with Crippen molar-refractivity contribution in [1.29, 1.82) is 0 Å². The van der Waals surface area contributed by atoms with Crippen LogP contribution in [0.1, 0.15) is 37.7 Å². The normalized spacial score (nSPS) is 26.6. The molecule has 29 heavy (non-hydrogen) atoms. The Morgan fingerprint density at radius 2 is 1.66 bits per heavy atom. The number of hydrogen-bond acceptors (Lipinski definition) is 5. The molecule has 2 unspecified atom stereocenters. The molecule has 1 N–H and O–H groups in total.